The van der Waals surface area contributed by atoms with Crippen LogP contribution in [0.2, 0.25) is 15.1 Å². The molecule has 3 aromatic heterocycles. The Morgan fingerprint density at radius 1 is 0.639 bits per heavy atom. The minimum Gasteiger partial charge on any atom is -0.508 e. The summed E-state index contributed by atoms with van der Waals surface area (Å²) in [5.74, 6) is 2.06. The quantitative estimate of drug-likeness (QED) is 0.0448. The number of rotatable bonds is 9. The first kappa shape index (κ1) is 59.6. The Labute approximate surface area is 496 Å². The maximum atomic E-state index is 12.5. The van der Waals surface area contributed by atoms with Crippen molar-refractivity contribution in [1.29, 1.82) is 0 Å². The standard InChI is InChI=1S/C28H22ClN5O3.C14H11ClO2.C9H7NO.C7H4Cl2O.C6H7NO/c1-16-24-23(14-36-16)34(26-25(24)31-15-32-27(26)30)20-9-11-21(12-10-20)37-22-4-2-3-19(13-22)33-28(35)17-5-7-18(29)8-6-17;15-12-6-4-11(5-7-12)14(17)9-10-2-1-3-13(16)8-10;11-8-5-1-3-7-4-2-6-10-9(7)8;8-6-3-1-5(2-4-6)7(9)10;7-5-2-1-3-6(8)4-5/h2-13,15-16H,14H2,1H3,(H,33,35)(H2,30,31,32);1-8,16H,9H2;1-6,11H;1-4H;1-4,8H,7H2. The summed E-state index contributed by atoms with van der Waals surface area (Å²) in [5, 5.41) is 32.5. The molecule has 15 nitrogen and oxygen atoms in total. The first-order chi connectivity index (χ1) is 40.0. The molecule has 1 aliphatic heterocycles. The number of nitrogens with one attached hydrogen (secondary N) is 1. The average Bonchev–Trinajstić information content (AvgIpc) is 3.36. The van der Waals surface area contributed by atoms with Gasteiger partial charge in [0.15, 0.2) is 11.6 Å². The summed E-state index contributed by atoms with van der Waals surface area (Å²) < 4.78 is 14.0. The maximum Gasteiger partial charge on any atom is 0.255 e. The molecule has 12 rings (SSSR count). The zero-order valence-corrected chi connectivity index (χ0v) is 47.1. The third-order valence-corrected chi connectivity index (χ3v) is 13.3. The Hall–Kier alpha value is -9.48. The lowest BCUT2D eigenvalue weighted by atomic mass is 10.0. The van der Waals surface area contributed by atoms with Gasteiger partial charge in [-0.15, -0.1) is 0 Å². The number of benzene rings is 8. The third-order valence-electron chi connectivity index (χ3n) is 12.3. The number of carbonyl (C=O) groups is 3. The van der Waals surface area contributed by atoms with E-state index in [1.54, 1.807) is 140 Å². The van der Waals surface area contributed by atoms with Crippen LogP contribution in [0.15, 0.2) is 213 Å². The molecule has 1 atom stereocenters. The van der Waals surface area contributed by atoms with Gasteiger partial charge in [0.05, 0.1) is 18.4 Å². The van der Waals surface area contributed by atoms with Crippen molar-refractivity contribution in [2.24, 2.45) is 0 Å². The van der Waals surface area contributed by atoms with Gasteiger partial charge in [-0.1, -0.05) is 77.3 Å². The fraction of sp³-hybridized carbons (Fsp3) is 0.0625. The van der Waals surface area contributed by atoms with Crippen LogP contribution in [0.4, 0.5) is 17.2 Å². The highest BCUT2D eigenvalue weighted by atomic mass is 35.5. The number of aromatic hydroxyl groups is 3. The van der Waals surface area contributed by atoms with E-state index in [-0.39, 0.29) is 41.5 Å². The molecule has 418 valence electrons. The highest BCUT2D eigenvalue weighted by Gasteiger charge is 2.30. The normalized spacial score (nSPS) is 11.9. The summed E-state index contributed by atoms with van der Waals surface area (Å²) in [4.78, 5) is 47.6. The predicted octanol–water partition coefficient (Wildman–Crippen LogP) is 15.4. The van der Waals surface area contributed by atoms with E-state index in [1.807, 2.05) is 67.6 Å². The Morgan fingerprint density at radius 3 is 1.86 bits per heavy atom. The number of nitrogen functional groups attached to an aromatic ring is 2. The fourth-order valence-electron chi connectivity index (χ4n) is 8.37. The lowest BCUT2D eigenvalue weighted by molar-refractivity contribution is 0.0782. The molecule has 8 aromatic carbocycles. The van der Waals surface area contributed by atoms with Crippen LogP contribution >= 0.6 is 46.4 Å². The Morgan fingerprint density at radius 2 is 1.24 bits per heavy atom. The van der Waals surface area contributed by atoms with Crippen molar-refractivity contribution in [2.75, 3.05) is 16.8 Å². The number of hydrogen-bond donors (Lipinski definition) is 6. The van der Waals surface area contributed by atoms with Gasteiger partial charge in [-0.25, -0.2) is 9.97 Å². The van der Waals surface area contributed by atoms with Crippen molar-refractivity contribution in [2.45, 2.75) is 26.1 Å². The molecule has 0 aliphatic carbocycles. The zero-order valence-electron chi connectivity index (χ0n) is 44.0. The molecule has 0 bridgehead atoms. The number of pyridine rings is 1. The number of nitrogens with zero attached hydrogens (tertiary/aromatic N) is 4. The Bertz CT molecular complexity index is 4020. The lowest BCUT2D eigenvalue weighted by Gasteiger charge is -2.12. The van der Waals surface area contributed by atoms with Gasteiger partial charge in [-0.2, -0.15) is 0 Å². The number of carbonyl (C=O) groups excluding carboxylic acids is 3. The fourth-order valence-corrected chi connectivity index (χ4v) is 8.87. The van der Waals surface area contributed by atoms with E-state index in [9.17, 15) is 24.6 Å². The van der Waals surface area contributed by atoms with Crippen LogP contribution < -0.4 is 21.5 Å². The van der Waals surface area contributed by atoms with Crippen molar-refractivity contribution in [1.82, 2.24) is 19.5 Å². The van der Waals surface area contributed by atoms with Gasteiger partial charge >= 0.3 is 0 Å². The molecule has 0 radical (unpaired) electrons. The number of phenolic OH excluding ortho intramolecular Hbond substituents is 3. The Kier molecular flexibility index (Phi) is 20.3. The highest BCUT2D eigenvalue weighted by Crippen LogP contribution is 2.41. The number of ketones is 1. The molecule has 1 unspecified atom stereocenters. The van der Waals surface area contributed by atoms with Crippen LogP contribution in [0.1, 0.15) is 60.9 Å². The zero-order chi connectivity index (χ0) is 59.0. The van der Waals surface area contributed by atoms with Gasteiger partial charge in [0.2, 0.25) is 0 Å². The van der Waals surface area contributed by atoms with E-state index in [1.165, 1.54) is 12.4 Å². The van der Waals surface area contributed by atoms with Crippen molar-refractivity contribution in [3.05, 3.63) is 261 Å². The second-order valence-corrected chi connectivity index (χ2v) is 19.8. The van der Waals surface area contributed by atoms with Crippen molar-refractivity contribution >= 4 is 102 Å². The number of para-hydroxylation sites is 1. The van der Waals surface area contributed by atoms with Gasteiger partial charge < -0.3 is 46.1 Å². The summed E-state index contributed by atoms with van der Waals surface area (Å²) in [6, 6.07) is 57.1. The molecule has 0 spiro atoms. The summed E-state index contributed by atoms with van der Waals surface area (Å²) >= 11 is 22.4. The molecule has 19 heteroatoms. The smallest absolute Gasteiger partial charge is 0.255 e. The molecule has 1 amide bonds. The summed E-state index contributed by atoms with van der Waals surface area (Å²) in [5.41, 5.74) is 20.4. The molecule has 0 fully saturated rings. The monoisotopic (exact) mass is 1190 g/mol. The average molecular weight is 1190 g/mol. The molecule has 11 aromatic rings. The Balaban J connectivity index is 0.000000160. The molecular weight excluding hydrogens is 1140 g/mol. The van der Waals surface area contributed by atoms with E-state index in [4.69, 9.17) is 72.5 Å². The van der Waals surface area contributed by atoms with E-state index in [0.717, 1.165) is 38.9 Å². The van der Waals surface area contributed by atoms with E-state index in [0.29, 0.717) is 72.6 Å². The van der Waals surface area contributed by atoms with Crippen LogP contribution in [-0.4, -0.2) is 51.8 Å². The van der Waals surface area contributed by atoms with Gasteiger partial charge in [0, 0.05) is 84.5 Å². The van der Waals surface area contributed by atoms with Crippen LogP contribution in [0.5, 0.6) is 28.7 Å². The van der Waals surface area contributed by atoms with E-state index >= 15 is 0 Å². The molecule has 1 aliphatic rings. The number of halogens is 4. The maximum absolute atomic E-state index is 12.5. The number of phenols is 3. The molecule has 83 heavy (non-hydrogen) atoms. The number of aromatic nitrogens is 4. The van der Waals surface area contributed by atoms with Crippen molar-refractivity contribution in [3.8, 4) is 34.4 Å². The predicted molar refractivity (Wildman–Crippen MR) is 328 cm³/mol. The first-order valence-electron chi connectivity index (χ1n) is 25.3. The summed E-state index contributed by atoms with van der Waals surface area (Å²) in [7, 11) is 0. The molecule has 4 heterocycles. The van der Waals surface area contributed by atoms with Crippen molar-refractivity contribution in [3.63, 3.8) is 0 Å². The number of amides is 1. The molecule has 8 N–H and O–H groups in total. The summed E-state index contributed by atoms with van der Waals surface area (Å²) in [6.07, 6.45) is 3.36. The number of Topliss-reactive ketones (excluding diaryl/α,β-unsaturated/α-hetero) is 1. The van der Waals surface area contributed by atoms with Crippen molar-refractivity contribution < 1.29 is 39.2 Å². The second-order valence-electron chi connectivity index (χ2n) is 18.2. The van der Waals surface area contributed by atoms with Crippen LogP contribution in [0.3, 0.4) is 0 Å². The van der Waals surface area contributed by atoms with Gasteiger partial charge in [-0.3, -0.25) is 19.4 Å². The van der Waals surface area contributed by atoms with E-state index < -0.39 is 5.24 Å². The van der Waals surface area contributed by atoms with Gasteiger partial charge in [0.1, 0.15) is 51.6 Å². The number of ether oxygens (including phenoxy) is 2. The van der Waals surface area contributed by atoms with Gasteiger partial charge in [-0.05, 0) is 170 Å². The minimum atomic E-state index is -0.461. The van der Waals surface area contributed by atoms with Crippen LogP contribution in [-0.2, 0) is 17.8 Å². The SMILES string of the molecule is CC1OCc2c1c1ncnc(N)c1n2-c1ccc(Oc2cccc(NC(=O)c3ccc(Cl)cc3)c2)cc1.Nc1cccc(O)c1.O=C(Cc1cccc(O)c1)c1ccc(Cl)cc1.O=C(Cl)c1ccc(Cl)cc1.Oc1cccc2cccnc12. The minimum absolute atomic E-state index is 0.00673. The molecule has 0 saturated carbocycles. The number of anilines is 3. The topological polar surface area (TPSA) is 238 Å². The summed E-state index contributed by atoms with van der Waals surface area (Å²) in [6.45, 7) is 2.48. The van der Waals surface area contributed by atoms with E-state index in [2.05, 4.69) is 24.8 Å². The van der Waals surface area contributed by atoms with Gasteiger partial charge in [0.25, 0.3) is 11.1 Å². The molecular formula is C64H51Cl4N7O8. The number of fused-ring (bicyclic) bond motifs is 4. The third kappa shape index (κ3) is 16.3. The lowest BCUT2D eigenvalue weighted by Crippen LogP contribution is -2.11. The van der Waals surface area contributed by atoms with Crippen LogP contribution in [0, 0.1) is 0 Å². The largest absolute Gasteiger partial charge is 0.508 e. The molecule has 0 saturated heterocycles. The van der Waals surface area contributed by atoms with Crippen LogP contribution in [0.25, 0.3) is 27.6 Å². The number of nitrogens with two attached hydrogens (primary N) is 2. The first-order valence-corrected chi connectivity index (χ1v) is 26.8. The number of hydrogen-bond acceptors (Lipinski definition) is 13. The highest BCUT2D eigenvalue weighted by molar-refractivity contribution is 6.67. The second kappa shape index (κ2) is 28.3.